The van der Waals surface area contributed by atoms with Gasteiger partial charge in [0.15, 0.2) is 0 Å². The van der Waals surface area contributed by atoms with Crippen molar-refractivity contribution in [1.29, 1.82) is 0 Å². The third-order valence-electron chi connectivity index (χ3n) is 1.07. The molecule has 1 rings (SSSR count). The van der Waals surface area contributed by atoms with Crippen molar-refractivity contribution in [2.75, 3.05) is 0 Å². The summed E-state index contributed by atoms with van der Waals surface area (Å²) < 4.78 is 35.8. The fraction of sp³-hybridized carbons (Fsp3) is 0.200. The molecule has 0 saturated carbocycles. The van der Waals surface area contributed by atoms with Gasteiger partial charge in [-0.25, -0.2) is 9.78 Å². The largest absolute Gasteiger partial charge is 0.420 e. The highest BCUT2D eigenvalue weighted by Gasteiger charge is 2.34. The molecule has 0 spiro atoms. The fourth-order valence-corrected chi connectivity index (χ4v) is 0.808. The van der Waals surface area contributed by atoms with E-state index in [9.17, 15) is 18.0 Å². The lowest BCUT2D eigenvalue weighted by molar-refractivity contribution is -0.138. The number of nitrogens with zero attached hydrogens (tertiary/aromatic N) is 1. The second-order valence-electron chi connectivity index (χ2n) is 1.91. The Bertz CT molecular complexity index is 345. The molecule has 7 heteroatoms. The second kappa shape index (κ2) is 2.78. The smallest absolute Gasteiger partial charge is 0.296 e. The molecule has 1 N–H and O–H groups in total. The molecule has 0 bridgehead atoms. The number of aromatic amines is 1. The molecule has 0 aliphatic rings. The lowest BCUT2D eigenvalue weighted by Crippen LogP contribution is -2.15. The summed E-state index contributed by atoms with van der Waals surface area (Å²) in [5.41, 5.74) is -2.06. The third kappa shape index (κ3) is 1.76. The number of hydrogen-bond acceptors (Lipinski definition) is 2. The maximum Gasteiger partial charge on any atom is 0.420 e. The van der Waals surface area contributed by atoms with Gasteiger partial charge in [-0.15, -0.1) is 0 Å². The maximum absolute atomic E-state index is 11.9. The molecule has 0 aromatic carbocycles. The van der Waals surface area contributed by atoms with Gasteiger partial charge < -0.3 is 0 Å². The Hall–Kier alpha value is -1.04. The van der Waals surface area contributed by atoms with Crippen LogP contribution >= 0.6 is 11.6 Å². The first-order valence-corrected chi connectivity index (χ1v) is 3.11. The predicted octanol–water partition coefficient (Wildman–Crippen LogP) is 1.44. The van der Waals surface area contributed by atoms with Gasteiger partial charge in [0, 0.05) is 6.20 Å². The minimum atomic E-state index is -4.59. The van der Waals surface area contributed by atoms with Gasteiger partial charge in [-0.05, 0) is 0 Å². The number of nitrogens with one attached hydrogen (secondary N) is 1. The Balaban J connectivity index is 3.28. The van der Waals surface area contributed by atoms with Crippen LogP contribution in [0.1, 0.15) is 5.56 Å². The summed E-state index contributed by atoms with van der Waals surface area (Å²) in [7, 11) is 0. The van der Waals surface area contributed by atoms with E-state index in [-0.39, 0.29) is 0 Å². The lowest BCUT2D eigenvalue weighted by atomic mass is 10.3. The highest BCUT2D eigenvalue weighted by atomic mass is 35.5. The van der Waals surface area contributed by atoms with E-state index in [1.54, 1.807) is 4.98 Å². The van der Waals surface area contributed by atoms with Crippen molar-refractivity contribution in [2.24, 2.45) is 0 Å². The Kier molecular flexibility index (Phi) is 2.10. The minimum absolute atomic E-state index is 0.390. The second-order valence-corrected chi connectivity index (χ2v) is 2.29. The molecular formula is C5H2ClF3N2O. The maximum atomic E-state index is 11.9. The monoisotopic (exact) mass is 198 g/mol. The predicted molar refractivity (Wildman–Crippen MR) is 34.9 cm³/mol. The molecule has 0 unspecified atom stereocenters. The molecular weight excluding hydrogens is 197 g/mol. The van der Waals surface area contributed by atoms with Crippen LogP contribution < -0.4 is 5.69 Å². The number of H-pyrrole nitrogens is 1. The van der Waals surface area contributed by atoms with E-state index >= 15 is 0 Å². The number of alkyl halides is 3. The van der Waals surface area contributed by atoms with E-state index in [2.05, 4.69) is 4.98 Å². The van der Waals surface area contributed by atoms with Crippen molar-refractivity contribution in [3.63, 3.8) is 0 Å². The van der Waals surface area contributed by atoms with Crippen LogP contribution in [-0.4, -0.2) is 9.97 Å². The van der Waals surface area contributed by atoms with Gasteiger partial charge in [-0.1, -0.05) is 11.6 Å². The zero-order valence-corrected chi connectivity index (χ0v) is 6.20. The van der Waals surface area contributed by atoms with Crippen molar-refractivity contribution < 1.29 is 13.2 Å². The van der Waals surface area contributed by atoms with Crippen molar-refractivity contribution in [2.45, 2.75) is 6.18 Å². The molecule has 0 saturated heterocycles. The first-order chi connectivity index (χ1) is 5.41. The number of rotatable bonds is 0. The van der Waals surface area contributed by atoms with Crippen LogP contribution in [-0.2, 0) is 6.18 Å². The molecule has 12 heavy (non-hydrogen) atoms. The molecule has 1 heterocycles. The van der Waals surface area contributed by atoms with Gasteiger partial charge in [0.1, 0.15) is 10.7 Å². The van der Waals surface area contributed by atoms with Crippen LogP contribution in [0.4, 0.5) is 13.2 Å². The average Bonchev–Trinajstić information content (AvgIpc) is 1.83. The molecule has 66 valence electrons. The van der Waals surface area contributed by atoms with Crippen LogP contribution in [0.2, 0.25) is 5.15 Å². The fourth-order valence-electron chi connectivity index (χ4n) is 0.571. The Morgan fingerprint density at radius 2 is 2.08 bits per heavy atom. The zero-order valence-electron chi connectivity index (χ0n) is 5.44. The van der Waals surface area contributed by atoms with Crippen molar-refractivity contribution in [3.8, 4) is 0 Å². The summed E-state index contributed by atoms with van der Waals surface area (Å²) in [6.07, 6.45) is -4.20. The highest BCUT2D eigenvalue weighted by molar-refractivity contribution is 6.30. The van der Waals surface area contributed by atoms with Crippen molar-refractivity contribution in [3.05, 3.63) is 27.4 Å². The molecule has 0 aliphatic carbocycles. The molecule has 1 aromatic heterocycles. The highest BCUT2D eigenvalue weighted by Crippen LogP contribution is 2.31. The Morgan fingerprint density at radius 3 is 2.50 bits per heavy atom. The van der Waals surface area contributed by atoms with Gasteiger partial charge in [0.05, 0.1) is 0 Å². The van der Waals surface area contributed by atoms with Crippen LogP contribution in [0.15, 0.2) is 11.0 Å². The van der Waals surface area contributed by atoms with E-state index in [0.29, 0.717) is 6.20 Å². The first-order valence-electron chi connectivity index (χ1n) is 2.73. The summed E-state index contributed by atoms with van der Waals surface area (Å²) >= 11 is 5.10. The lowest BCUT2D eigenvalue weighted by Gasteiger charge is -2.05. The van der Waals surface area contributed by atoms with E-state index in [1.807, 2.05) is 0 Å². The Morgan fingerprint density at radius 1 is 1.50 bits per heavy atom. The van der Waals surface area contributed by atoms with Gasteiger partial charge in [-0.3, -0.25) is 4.98 Å². The zero-order chi connectivity index (χ0) is 9.35. The van der Waals surface area contributed by atoms with Crippen molar-refractivity contribution >= 4 is 11.6 Å². The van der Waals surface area contributed by atoms with Crippen LogP contribution in [0.25, 0.3) is 0 Å². The topological polar surface area (TPSA) is 45.8 Å². The number of aromatic nitrogens is 2. The minimum Gasteiger partial charge on any atom is -0.296 e. The number of halogens is 4. The summed E-state index contributed by atoms with van der Waals surface area (Å²) in [4.78, 5) is 15.0. The quantitative estimate of drug-likeness (QED) is 0.641. The van der Waals surface area contributed by atoms with Gasteiger partial charge >= 0.3 is 11.9 Å². The van der Waals surface area contributed by atoms with Gasteiger partial charge in [0.25, 0.3) is 0 Å². The van der Waals surface area contributed by atoms with Crippen LogP contribution in [0.5, 0.6) is 0 Å². The normalized spacial score (nSPS) is 11.7. The van der Waals surface area contributed by atoms with Crippen LogP contribution in [0.3, 0.4) is 0 Å². The average molecular weight is 199 g/mol. The molecule has 0 atom stereocenters. The number of hydrogen-bond donors (Lipinski definition) is 1. The molecule has 0 aliphatic heterocycles. The molecule has 1 aromatic rings. The van der Waals surface area contributed by atoms with Crippen LogP contribution in [0, 0.1) is 0 Å². The van der Waals surface area contributed by atoms with Crippen molar-refractivity contribution in [1.82, 2.24) is 9.97 Å². The Labute approximate surface area is 69.2 Å². The summed E-state index contributed by atoms with van der Waals surface area (Å²) in [5.74, 6) is 0. The standard InChI is InChI=1S/C5H2ClF3N2O/c6-3-2(5(7,8)9)1-10-4(12)11-3/h1H,(H,10,11,12). The molecule has 0 fully saturated rings. The van der Waals surface area contributed by atoms with E-state index in [1.165, 1.54) is 0 Å². The summed E-state index contributed by atoms with van der Waals surface area (Å²) in [6.45, 7) is 0. The van der Waals surface area contributed by atoms with Gasteiger partial charge in [0.2, 0.25) is 0 Å². The summed E-state index contributed by atoms with van der Waals surface area (Å²) in [5, 5.41) is -0.748. The molecule has 0 radical (unpaired) electrons. The van der Waals surface area contributed by atoms with E-state index < -0.39 is 22.6 Å². The van der Waals surface area contributed by atoms with E-state index in [0.717, 1.165) is 0 Å². The third-order valence-corrected chi connectivity index (χ3v) is 1.37. The van der Waals surface area contributed by atoms with Gasteiger partial charge in [-0.2, -0.15) is 13.2 Å². The molecule has 3 nitrogen and oxygen atoms in total. The summed E-state index contributed by atoms with van der Waals surface area (Å²) in [6, 6.07) is 0. The molecule has 0 amide bonds. The van der Waals surface area contributed by atoms with E-state index in [4.69, 9.17) is 11.6 Å². The first kappa shape index (κ1) is 9.05. The SMILES string of the molecule is O=c1ncc(C(F)(F)F)c(Cl)[nH]1.